The third-order valence-electron chi connectivity index (χ3n) is 6.49. The number of nitriles is 1. The maximum absolute atomic E-state index is 13.8. The van der Waals surface area contributed by atoms with Crippen LogP contribution in [0.1, 0.15) is 32.8 Å². The fraction of sp³-hybridized carbons (Fsp3) is 0.400. The number of likely N-dealkylation sites (tertiary alicyclic amines) is 1. The van der Waals surface area contributed by atoms with E-state index in [-0.39, 0.29) is 25.4 Å². The van der Waals surface area contributed by atoms with Gasteiger partial charge >= 0.3 is 0 Å². The number of methoxy groups -OCH3 is 1. The highest BCUT2D eigenvalue weighted by atomic mass is 16.5. The van der Waals surface area contributed by atoms with Crippen molar-refractivity contribution in [2.75, 3.05) is 37.9 Å². The van der Waals surface area contributed by atoms with Crippen molar-refractivity contribution in [3.8, 4) is 11.8 Å². The minimum absolute atomic E-state index is 0.0342. The first-order valence-electron chi connectivity index (χ1n) is 13.0. The number of nitrogens with one attached hydrogen (secondary N) is 2. The summed E-state index contributed by atoms with van der Waals surface area (Å²) in [6, 6.07) is 15.7. The standard InChI is InChI=1S/C30H37N5O5/c1-7-23-24(14-11-15-25(23)39-6)32-18-26(36)34(5)29(40-30(2,3)4)28(38)35-19-20(16-22(35)17-31)27(37)33-21-12-9-8-10-13-21/h7-15,20,22,29,32H,1,16,18-19H2,2-6H3,(H,33,37). The zero-order valence-electron chi connectivity index (χ0n) is 23.6. The highest BCUT2D eigenvalue weighted by Gasteiger charge is 2.44. The minimum Gasteiger partial charge on any atom is -0.496 e. The van der Waals surface area contributed by atoms with E-state index in [1.807, 2.05) is 6.07 Å². The number of ether oxygens (including phenoxy) is 2. The molecule has 2 N–H and O–H groups in total. The molecule has 0 bridgehead atoms. The van der Waals surface area contributed by atoms with Crippen LogP contribution in [0.2, 0.25) is 0 Å². The van der Waals surface area contributed by atoms with Crippen molar-refractivity contribution in [3.05, 3.63) is 60.7 Å². The van der Waals surface area contributed by atoms with Crippen molar-refractivity contribution in [2.45, 2.75) is 45.1 Å². The quantitative estimate of drug-likeness (QED) is 0.435. The lowest BCUT2D eigenvalue weighted by Crippen LogP contribution is -2.55. The second kappa shape index (κ2) is 13.1. The van der Waals surface area contributed by atoms with Crippen LogP contribution in [0.3, 0.4) is 0 Å². The van der Waals surface area contributed by atoms with Gasteiger partial charge in [-0.3, -0.25) is 14.4 Å². The van der Waals surface area contributed by atoms with E-state index in [2.05, 4.69) is 23.3 Å². The number of carbonyl (C=O) groups excluding carboxylic acids is 3. The zero-order valence-corrected chi connectivity index (χ0v) is 23.6. The van der Waals surface area contributed by atoms with Gasteiger partial charge < -0.3 is 29.9 Å². The Kier molecular flexibility index (Phi) is 9.91. The number of likely N-dealkylation sites (N-methyl/N-ethyl adjacent to an activating group) is 1. The number of hydrogen-bond acceptors (Lipinski definition) is 7. The third-order valence-corrected chi connectivity index (χ3v) is 6.49. The van der Waals surface area contributed by atoms with Gasteiger partial charge in [0.1, 0.15) is 11.8 Å². The summed E-state index contributed by atoms with van der Waals surface area (Å²) in [5.41, 5.74) is 1.20. The summed E-state index contributed by atoms with van der Waals surface area (Å²) in [6.07, 6.45) is 0.512. The van der Waals surface area contributed by atoms with Gasteiger partial charge in [0.25, 0.3) is 5.91 Å². The van der Waals surface area contributed by atoms with Crippen molar-refractivity contribution in [3.63, 3.8) is 0 Å². The fourth-order valence-corrected chi connectivity index (χ4v) is 4.44. The molecule has 1 saturated heterocycles. The maximum atomic E-state index is 13.8. The van der Waals surface area contributed by atoms with E-state index in [4.69, 9.17) is 9.47 Å². The third kappa shape index (κ3) is 7.39. The van der Waals surface area contributed by atoms with Crippen molar-refractivity contribution in [1.82, 2.24) is 9.80 Å². The average molecular weight is 548 g/mol. The highest BCUT2D eigenvalue weighted by molar-refractivity contribution is 5.94. The lowest BCUT2D eigenvalue weighted by Gasteiger charge is -2.35. The molecule has 1 aliphatic heterocycles. The van der Waals surface area contributed by atoms with Gasteiger partial charge in [0.05, 0.1) is 31.2 Å². The molecule has 3 rings (SSSR count). The number of carbonyl (C=O) groups is 3. The fourth-order valence-electron chi connectivity index (χ4n) is 4.44. The van der Waals surface area contributed by atoms with Crippen molar-refractivity contribution < 1.29 is 23.9 Å². The van der Waals surface area contributed by atoms with Gasteiger partial charge in [0.2, 0.25) is 18.0 Å². The Morgan fingerprint density at radius 1 is 1.20 bits per heavy atom. The average Bonchev–Trinajstić information content (AvgIpc) is 3.38. The van der Waals surface area contributed by atoms with Gasteiger partial charge in [-0.2, -0.15) is 5.26 Å². The molecular weight excluding hydrogens is 510 g/mol. The first-order valence-corrected chi connectivity index (χ1v) is 13.0. The Labute approximate surface area is 235 Å². The van der Waals surface area contributed by atoms with Crippen LogP contribution in [0.15, 0.2) is 55.1 Å². The Morgan fingerprint density at radius 2 is 1.90 bits per heavy atom. The van der Waals surface area contributed by atoms with Gasteiger partial charge in [-0.05, 0) is 51.5 Å². The molecule has 2 aromatic rings. The molecule has 2 aromatic carbocycles. The monoisotopic (exact) mass is 547 g/mol. The van der Waals surface area contributed by atoms with E-state index in [0.29, 0.717) is 22.7 Å². The second-order valence-corrected chi connectivity index (χ2v) is 10.5. The van der Waals surface area contributed by atoms with Gasteiger partial charge in [-0.25, -0.2) is 0 Å². The predicted molar refractivity (Wildman–Crippen MR) is 153 cm³/mol. The van der Waals surface area contributed by atoms with Crippen LogP contribution >= 0.6 is 0 Å². The lowest BCUT2D eigenvalue weighted by atomic mass is 10.1. The first kappa shape index (κ1) is 30.2. The smallest absolute Gasteiger partial charge is 0.274 e. The highest BCUT2D eigenvalue weighted by Crippen LogP contribution is 2.29. The molecule has 1 aliphatic rings. The number of rotatable bonds is 10. The summed E-state index contributed by atoms with van der Waals surface area (Å²) >= 11 is 0. The largest absolute Gasteiger partial charge is 0.496 e. The molecular formula is C30H37N5O5. The Hall–Kier alpha value is -4.36. The molecule has 10 heteroatoms. The summed E-state index contributed by atoms with van der Waals surface area (Å²) in [6.45, 7) is 9.04. The van der Waals surface area contributed by atoms with Crippen LogP contribution < -0.4 is 15.4 Å². The molecule has 1 fully saturated rings. The summed E-state index contributed by atoms with van der Waals surface area (Å²) in [4.78, 5) is 42.5. The van der Waals surface area contributed by atoms with Gasteiger partial charge in [0, 0.05) is 30.5 Å². The summed E-state index contributed by atoms with van der Waals surface area (Å²) in [5.74, 6) is -1.23. The van der Waals surface area contributed by atoms with Crippen LogP contribution in [0.5, 0.6) is 5.75 Å². The second-order valence-electron chi connectivity index (χ2n) is 10.5. The van der Waals surface area contributed by atoms with E-state index >= 15 is 0 Å². The van der Waals surface area contributed by atoms with Crippen molar-refractivity contribution in [2.24, 2.45) is 5.92 Å². The van der Waals surface area contributed by atoms with E-state index in [1.165, 1.54) is 16.8 Å². The lowest BCUT2D eigenvalue weighted by molar-refractivity contribution is -0.178. The molecule has 1 heterocycles. The van der Waals surface area contributed by atoms with Crippen molar-refractivity contribution >= 4 is 35.2 Å². The van der Waals surface area contributed by atoms with Gasteiger partial charge in [0.15, 0.2) is 0 Å². The molecule has 10 nitrogen and oxygen atoms in total. The molecule has 0 spiro atoms. The van der Waals surface area contributed by atoms with E-state index in [1.54, 1.807) is 76.4 Å². The van der Waals surface area contributed by atoms with Crippen LogP contribution in [-0.2, 0) is 19.1 Å². The Balaban J connectivity index is 1.76. The number of hydrogen-bond donors (Lipinski definition) is 2. The summed E-state index contributed by atoms with van der Waals surface area (Å²) in [5, 5.41) is 15.7. The molecule has 0 aromatic heterocycles. The number of anilines is 2. The normalized spacial score (nSPS) is 17.4. The molecule has 3 unspecified atom stereocenters. The molecule has 0 saturated carbocycles. The Bertz CT molecular complexity index is 1270. The Morgan fingerprint density at radius 3 is 2.50 bits per heavy atom. The maximum Gasteiger partial charge on any atom is 0.274 e. The summed E-state index contributed by atoms with van der Waals surface area (Å²) < 4.78 is 11.4. The number of para-hydroxylation sites is 1. The number of amides is 3. The van der Waals surface area contributed by atoms with E-state index < -0.39 is 35.6 Å². The van der Waals surface area contributed by atoms with Gasteiger partial charge in [-0.1, -0.05) is 36.9 Å². The number of benzene rings is 2. The van der Waals surface area contributed by atoms with Crippen LogP contribution in [0.4, 0.5) is 11.4 Å². The first-order chi connectivity index (χ1) is 19.0. The molecule has 0 aliphatic carbocycles. The zero-order chi connectivity index (χ0) is 29.4. The van der Waals surface area contributed by atoms with Crippen molar-refractivity contribution in [1.29, 1.82) is 5.26 Å². The number of nitrogens with zero attached hydrogens (tertiary/aromatic N) is 3. The van der Waals surface area contributed by atoms with E-state index in [0.717, 1.165) is 0 Å². The van der Waals surface area contributed by atoms with Crippen LogP contribution in [0, 0.1) is 17.2 Å². The summed E-state index contributed by atoms with van der Waals surface area (Å²) in [7, 11) is 3.03. The van der Waals surface area contributed by atoms with Crippen LogP contribution in [0.25, 0.3) is 6.08 Å². The minimum atomic E-state index is -1.30. The van der Waals surface area contributed by atoms with Crippen LogP contribution in [-0.4, -0.2) is 72.6 Å². The topological polar surface area (TPSA) is 124 Å². The SMILES string of the molecule is C=Cc1c(NCC(=O)N(C)C(OC(C)(C)C)C(=O)N2CC(C(=O)Nc3ccccc3)CC2C#N)cccc1OC. The predicted octanol–water partition coefficient (Wildman–Crippen LogP) is 3.73. The molecule has 0 radical (unpaired) electrons. The molecule has 3 atom stereocenters. The van der Waals surface area contributed by atoms with E-state index in [9.17, 15) is 19.6 Å². The van der Waals surface area contributed by atoms with Gasteiger partial charge in [-0.15, -0.1) is 0 Å². The molecule has 40 heavy (non-hydrogen) atoms. The molecule has 3 amide bonds. The molecule has 212 valence electrons.